The Hall–Kier alpha value is -1.33. The van der Waals surface area contributed by atoms with Crippen LogP contribution < -0.4 is 10.6 Å². The Balaban J connectivity index is 2.38. The van der Waals surface area contributed by atoms with Crippen molar-refractivity contribution in [3.05, 3.63) is 33.3 Å². The Morgan fingerprint density at radius 2 is 2.20 bits per heavy atom. The average Bonchev–Trinajstić information content (AvgIpc) is 2.12. The molecule has 2 rings (SSSR count). The summed E-state index contributed by atoms with van der Waals surface area (Å²) in [4.78, 5) is 12.2. The number of rotatable bonds is 2. The van der Waals surface area contributed by atoms with Crippen molar-refractivity contribution in [2.45, 2.75) is 6.04 Å². The van der Waals surface area contributed by atoms with Crippen molar-refractivity contribution in [3.63, 3.8) is 0 Å². The maximum atomic E-state index is 10.8. The number of hydrogen-bond donors (Lipinski definition) is 1. The minimum absolute atomic E-state index is 0.0360. The van der Waals surface area contributed by atoms with Gasteiger partial charge in [0.2, 0.25) is 0 Å². The van der Waals surface area contributed by atoms with Gasteiger partial charge in [0.1, 0.15) is 10.7 Å². The molecule has 1 aromatic carbocycles. The Labute approximate surface area is 91.6 Å². The first-order valence-corrected chi connectivity index (χ1v) is 4.91. The van der Waals surface area contributed by atoms with Crippen LogP contribution in [0.4, 0.5) is 11.4 Å². The van der Waals surface area contributed by atoms with Crippen LogP contribution in [0.2, 0.25) is 5.02 Å². The van der Waals surface area contributed by atoms with Crippen LogP contribution in [-0.2, 0) is 0 Å². The molecular formula is C9H10ClN3O2. The molecule has 1 aliphatic heterocycles. The van der Waals surface area contributed by atoms with Crippen molar-refractivity contribution >= 4 is 23.0 Å². The Kier molecular flexibility index (Phi) is 2.50. The van der Waals surface area contributed by atoms with Crippen molar-refractivity contribution in [2.75, 3.05) is 18.0 Å². The Morgan fingerprint density at radius 1 is 1.53 bits per heavy atom. The molecule has 15 heavy (non-hydrogen) atoms. The van der Waals surface area contributed by atoms with Gasteiger partial charge in [0.25, 0.3) is 0 Å². The van der Waals surface area contributed by atoms with E-state index in [1.807, 2.05) is 4.90 Å². The van der Waals surface area contributed by atoms with Crippen LogP contribution in [0.1, 0.15) is 0 Å². The zero-order valence-electron chi connectivity index (χ0n) is 7.89. The van der Waals surface area contributed by atoms with Crippen LogP contribution in [0, 0.1) is 10.1 Å². The minimum Gasteiger partial charge on any atom is -0.363 e. The quantitative estimate of drug-likeness (QED) is 0.612. The standard InChI is InChI=1S/C9H10ClN3O2/c10-7-2-1-3-8(9(7)13(14)15)12-4-6(11)5-12/h1-3,6H,4-5,11H2. The number of hydrogen-bond acceptors (Lipinski definition) is 4. The third-order valence-electron chi connectivity index (χ3n) is 2.40. The normalized spacial score (nSPS) is 16.3. The monoisotopic (exact) mass is 227 g/mol. The molecule has 1 heterocycles. The minimum atomic E-state index is -0.457. The molecule has 0 unspecified atom stereocenters. The Bertz CT molecular complexity index is 404. The lowest BCUT2D eigenvalue weighted by atomic mass is 10.1. The van der Waals surface area contributed by atoms with E-state index in [1.165, 1.54) is 6.07 Å². The van der Waals surface area contributed by atoms with Crippen molar-refractivity contribution in [2.24, 2.45) is 5.73 Å². The second-order valence-corrected chi connectivity index (χ2v) is 3.94. The number of nitro groups is 1. The molecule has 1 aromatic rings. The fourth-order valence-electron chi connectivity index (χ4n) is 1.65. The zero-order chi connectivity index (χ0) is 11.0. The molecule has 0 amide bonds. The van der Waals surface area contributed by atoms with E-state index in [0.717, 1.165) is 0 Å². The third kappa shape index (κ3) is 1.75. The molecule has 6 heteroatoms. The number of para-hydroxylation sites is 1. The molecule has 0 bridgehead atoms. The number of halogens is 1. The summed E-state index contributed by atoms with van der Waals surface area (Å²) >= 11 is 5.79. The molecule has 0 atom stereocenters. The van der Waals surface area contributed by atoms with Crippen LogP contribution in [0.25, 0.3) is 0 Å². The summed E-state index contributed by atoms with van der Waals surface area (Å²) in [6.45, 7) is 1.28. The molecule has 5 nitrogen and oxygen atoms in total. The fraction of sp³-hybridized carbons (Fsp3) is 0.333. The highest BCUT2D eigenvalue weighted by Gasteiger charge is 2.30. The van der Waals surface area contributed by atoms with Crippen molar-refractivity contribution in [1.29, 1.82) is 0 Å². The summed E-state index contributed by atoms with van der Waals surface area (Å²) in [7, 11) is 0. The highest BCUT2D eigenvalue weighted by atomic mass is 35.5. The van der Waals surface area contributed by atoms with Crippen LogP contribution in [-0.4, -0.2) is 24.1 Å². The van der Waals surface area contributed by atoms with Gasteiger partial charge in [-0.1, -0.05) is 17.7 Å². The molecule has 2 N–H and O–H groups in total. The van der Waals surface area contributed by atoms with Crippen molar-refractivity contribution in [1.82, 2.24) is 0 Å². The molecule has 0 aromatic heterocycles. The average molecular weight is 228 g/mol. The topological polar surface area (TPSA) is 72.4 Å². The molecule has 1 fully saturated rings. The number of nitrogens with two attached hydrogens (primary N) is 1. The zero-order valence-corrected chi connectivity index (χ0v) is 8.65. The highest BCUT2D eigenvalue weighted by molar-refractivity contribution is 6.33. The molecule has 1 aliphatic rings. The lowest BCUT2D eigenvalue weighted by Gasteiger charge is -2.38. The van der Waals surface area contributed by atoms with Crippen molar-refractivity contribution in [3.8, 4) is 0 Å². The molecule has 0 radical (unpaired) electrons. The first-order chi connectivity index (χ1) is 7.09. The molecule has 0 saturated carbocycles. The number of anilines is 1. The summed E-state index contributed by atoms with van der Waals surface area (Å²) in [6.07, 6.45) is 0. The highest BCUT2D eigenvalue weighted by Crippen LogP contribution is 2.36. The van der Waals surface area contributed by atoms with E-state index >= 15 is 0 Å². The predicted molar refractivity (Wildman–Crippen MR) is 58.3 cm³/mol. The van der Waals surface area contributed by atoms with Crippen LogP contribution >= 0.6 is 11.6 Å². The summed E-state index contributed by atoms with van der Waals surface area (Å²) in [5.41, 5.74) is 6.14. The molecule has 0 aliphatic carbocycles. The molecular weight excluding hydrogens is 218 g/mol. The molecule has 0 spiro atoms. The third-order valence-corrected chi connectivity index (χ3v) is 2.70. The lowest BCUT2D eigenvalue weighted by Crippen LogP contribution is -2.56. The summed E-state index contributed by atoms with van der Waals surface area (Å²) < 4.78 is 0. The van der Waals surface area contributed by atoms with E-state index in [2.05, 4.69) is 0 Å². The maximum absolute atomic E-state index is 10.8. The van der Waals surface area contributed by atoms with Gasteiger partial charge in [0.05, 0.1) is 4.92 Å². The van der Waals surface area contributed by atoms with E-state index in [-0.39, 0.29) is 16.8 Å². The smallest absolute Gasteiger partial charge is 0.310 e. The van der Waals surface area contributed by atoms with Crippen molar-refractivity contribution < 1.29 is 4.92 Å². The van der Waals surface area contributed by atoms with E-state index in [4.69, 9.17) is 17.3 Å². The van der Waals surface area contributed by atoms with Gasteiger partial charge < -0.3 is 10.6 Å². The fourth-order valence-corrected chi connectivity index (χ4v) is 1.89. The summed E-state index contributed by atoms with van der Waals surface area (Å²) in [5, 5.41) is 11.0. The van der Waals surface area contributed by atoms with Gasteiger partial charge in [-0.15, -0.1) is 0 Å². The van der Waals surface area contributed by atoms with Gasteiger partial charge in [0, 0.05) is 19.1 Å². The molecule has 1 saturated heterocycles. The molecule has 80 valence electrons. The van der Waals surface area contributed by atoms with E-state index in [1.54, 1.807) is 12.1 Å². The maximum Gasteiger partial charge on any atom is 0.310 e. The van der Waals surface area contributed by atoms with Gasteiger partial charge in [0.15, 0.2) is 0 Å². The first kappa shape index (κ1) is 10.2. The van der Waals surface area contributed by atoms with E-state index in [0.29, 0.717) is 18.8 Å². The number of benzene rings is 1. The largest absolute Gasteiger partial charge is 0.363 e. The first-order valence-electron chi connectivity index (χ1n) is 4.53. The predicted octanol–water partition coefficient (Wildman–Crippen LogP) is 1.40. The van der Waals surface area contributed by atoms with Gasteiger partial charge in [-0.2, -0.15) is 0 Å². The second-order valence-electron chi connectivity index (χ2n) is 3.53. The van der Waals surface area contributed by atoms with Gasteiger partial charge >= 0.3 is 5.69 Å². The van der Waals surface area contributed by atoms with E-state index < -0.39 is 4.92 Å². The van der Waals surface area contributed by atoms with Gasteiger partial charge in [-0.25, -0.2) is 0 Å². The SMILES string of the molecule is NC1CN(c2cccc(Cl)c2[N+](=O)[O-])C1. The van der Waals surface area contributed by atoms with Crippen LogP contribution in [0.15, 0.2) is 18.2 Å². The second kappa shape index (κ2) is 3.67. The number of nitro benzene ring substituents is 1. The van der Waals surface area contributed by atoms with Crippen LogP contribution in [0.3, 0.4) is 0 Å². The lowest BCUT2D eigenvalue weighted by molar-refractivity contribution is -0.384. The van der Waals surface area contributed by atoms with Gasteiger partial charge in [-0.05, 0) is 12.1 Å². The van der Waals surface area contributed by atoms with Crippen LogP contribution in [0.5, 0.6) is 0 Å². The van der Waals surface area contributed by atoms with E-state index in [9.17, 15) is 10.1 Å². The van der Waals surface area contributed by atoms with Gasteiger partial charge in [-0.3, -0.25) is 10.1 Å². The summed E-state index contributed by atoms with van der Waals surface area (Å²) in [6, 6.07) is 5.01. The Morgan fingerprint density at radius 3 is 2.73 bits per heavy atom. The number of nitrogens with zero attached hydrogens (tertiary/aromatic N) is 2. The summed E-state index contributed by atoms with van der Waals surface area (Å²) in [5.74, 6) is 0.